The first kappa shape index (κ1) is 15.9. The van der Waals surface area contributed by atoms with Crippen molar-refractivity contribution in [3.8, 4) is 0 Å². The Balaban J connectivity index is 2.04. The number of aliphatic imine (C=N–C) groups is 1. The van der Waals surface area contributed by atoms with Gasteiger partial charge in [-0.05, 0) is 30.7 Å². The number of hydrogen-bond acceptors (Lipinski definition) is 7. The van der Waals surface area contributed by atoms with Gasteiger partial charge in [0, 0.05) is 6.21 Å². The number of carbonyl (C=O) groups excluding carboxylic acids is 1. The molecule has 0 spiro atoms. The average molecular weight is 350 g/mol. The molecule has 3 N–H and O–H groups in total. The summed E-state index contributed by atoms with van der Waals surface area (Å²) in [5.74, 6) is 0.854. The van der Waals surface area contributed by atoms with Crippen molar-refractivity contribution in [2.75, 3.05) is 5.32 Å². The van der Waals surface area contributed by atoms with Gasteiger partial charge in [-0.2, -0.15) is 8.42 Å². The van der Waals surface area contributed by atoms with E-state index in [9.17, 15) is 22.2 Å². The first-order chi connectivity index (χ1) is 11.3. The minimum absolute atomic E-state index is 0.148. The quantitative estimate of drug-likeness (QED) is 0.552. The number of hydrazine groups is 1. The summed E-state index contributed by atoms with van der Waals surface area (Å²) in [6.07, 6.45) is 2.69. The van der Waals surface area contributed by atoms with Crippen molar-refractivity contribution in [1.82, 2.24) is 10.4 Å². The Hall–Kier alpha value is -2.94. The molecule has 0 saturated heterocycles. The van der Waals surface area contributed by atoms with E-state index >= 15 is 0 Å². The summed E-state index contributed by atoms with van der Waals surface area (Å²) < 4.78 is 46.1. The third-order valence-electron chi connectivity index (χ3n) is 3.28. The average Bonchev–Trinajstić information content (AvgIpc) is 2.90. The molecular formula is C14H11FN4O4S. The maximum absolute atomic E-state index is 13.9. The Bertz CT molecular complexity index is 974. The number of nitrogens with one attached hydrogen (secondary N) is 2. The second-order valence-corrected chi connectivity index (χ2v) is 6.35. The maximum Gasteiger partial charge on any atom is 0.301 e. The van der Waals surface area contributed by atoms with Gasteiger partial charge in [0.1, 0.15) is 11.6 Å². The normalized spacial score (nSPS) is 16.5. The Morgan fingerprint density at radius 3 is 2.83 bits per heavy atom. The van der Waals surface area contributed by atoms with Gasteiger partial charge in [0.05, 0.1) is 5.69 Å². The van der Waals surface area contributed by atoms with Gasteiger partial charge in [0.2, 0.25) is 0 Å². The lowest BCUT2D eigenvalue weighted by Gasteiger charge is -2.25. The molecule has 0 bridgehead atoms. The van der Waals surface area contributed by atoms with E-state index in [2.05, 4.69) is 15.7 Å². The molecule has 0 aromatic heterocycles. The highest BCUT2D eigenvalue weighted by molar-refractivity contribution is 7.90. The summed E-state index contributed by atoms with van der Waals surface area (Å²) in [5.41, 5.74) is 2.91. The van der Waals surface area contributed by atoms with E-state index < -0.39 is 26.5 Å². The monoisotopic (exact) mass is 350 g/mol. The molecule has 124 valence electrons. The van der Waals surface area contributed by atoms with Crippen LogP contribution >= 0.6 is 0 Å². The molecule has 0 saturated carbocycles. The Morgan fingerprint density at radius 2 is 2.17 bits per heavy atom. The maximum atomic E-state index is 13.9. The molecule has 1 aromatic carbocycles. The lowest BCUT2D eigenvalue weighted by atomic mass is 10.2. The van der Waals surface area contributed by atoms with Crippen molar-refractivity contribution < 1.29 is 22.2 Å². The van der Waals surface area contributed by atoms with Gasteiger partial charge in [-0.25, -0.2) is 19.2 Å². The van der Waals surface area contributed by atoms with Crippen LogP contribution in [0.25, 0.3) is 0 Å². The zero-order chi connectivity index (χ0) is 17.5. The molecular weight excluding hydrogens is 339 g/mol. The molecule has 0 aliphatic carbocycles. The summed E-state index contributed by atoms with van der Waals surface area (Å²) in [5, 5.41) is 3.88. The zero-order valence-corrected chi connectivity index (χ0v) is 13.1. The first-order valence-electron chi connectivity index (χ1n) is 6.63. The molecule has 0 amide bonds. The zero-order valence-electron chi connectivity index (χ0n) is 12.2. The van der Waals surface area contributed by atoms with Crippen LogP contribution in [0.15, 0.2) is 51.5 Å². The van der Waals surface area contributed by atoms with E-state index in [0.29, 0.717) is 0 Å². The van der Waals surface area contributed by atoms with E-state index in [4.69, 9.17) is 0 Å². The van der Waals surface area contributed by atoms with Crippen LogP contribution in [0.4, 0.5) is 10.1 Å². The Kier molecular flexibility index (Phi) is 3.72. The van der Waals surface area contributed by atoms with E-state index in [-0.39, 0.29) is 17.3 Å². The predicted molar refractivity (Wildman–Crippen MR) is 84.1 cm³/mol. The molecule has 8 nitrogen and oxygen atoms in total. The number of benzene rings is 1. The highest BCUT2D eigenvalue weighted by atomic mass is 32.2. The van der Waals surface area contributed by atoms with E-state index in [0.717, 1.165) is 10.6 Å². The molecule has 10 heteroatoms. The van der Waals surface area contributed by atoms with Gasteiger partial charge in [-0.3, -0.25) is 9.98 Å². The van der Waals surface area contributed by atoms with E-state index in [1.165, 1.54) is 24.3 Å². The number of halogens is 1. The molecule has 2 aliphatic heterocycles. The van der Waals surface area contributed by atoms with Crippen LogP contribution in [0.5, 0.6) is 0 Å². The largest absolute Gasteiger partial charge is 0.338 e. The minimum Gasteiger partial charge on any atom is -0.338 e. The Morgan fingerprint density at radius 1 is 1.42 bits per heavy atom. The fourth-order valence-electron chi connectivity index (χ4n) is 2.26. The predicted octanol–water partition coefficient (Wildman–Crippen LogP) is 1.06. The highest BCUT2D eigenvalue weighted by Crippen LogP contribution is 2.32. The second kappa shape index (κ2) is 5.60. The number of allylic oxidation sites excluding steroid dienone is 1. The van der Waals surface area contributed by atoms with Gasteiger partial charge in [0.25, 0.3) is 0 Å². The van der Waals surface area contributed by atoms with Gasteiger partial charge in [0.15, 0.2) is 22.4 Å². The van der Waals surface area contributed by atoms with Crippen LogP contribution in [0.2, 0.25) is 0 Å². The number of nitrogens with zero attached hydrogens (tertiary/aromatic N) is 2. The van der Waals surface area contributed by atoms with Crippen LogP contribution in [0.1, 0.15) is 5.56 Å². The fraction of sp³-hybridized carbons (Fsp3) is 0.0714. The molecule has 24 heavy (non-hydrogen) atoms. The summed E-state index contributed by atoms with van der Waals surface area (Å²) in [7, 11) is -4.71. The van der Waals surface area contributed by atoms with E-state index in [1.54, 1.807) is 19.1 Å². The number of fused-ring (bicyclic) bond motifs is 1. The number of aryl methyl sites for hydroxylation is 1. The molecule has 3 rings (SSSR count). The number of anilines is 1. The number of rotatable bonds is 3. The standard InChI is InChI=1S/C14H11FN4O4S/c1-8-2-3-9(15)10(6-8)17-12-4-5-16-14-13(24(21,22)23)11(7-20)18-19(12)14/h2-6,17-18H,1H3,(H,21,22,23). The summed E-state index contributed by atoms with van der Waals surface area (Å²) in [4.78, 5) is 14.1. The minimum atomic E-state index is -4.71. The smallest absolute Gasteiger partial charge is 0.301 e. The molecule has 2 heterocycles. The van der Waals surface area contributed by atoms with Gasteiger partial charge in [-0.1, -0.05) is 6.07 Å². The van der Waals surface area contributed by atoms with Crippen molar-refractivity contribution in [3.63, 3.8) is 0 Å². The molecule has 0 fully saturated rings. The summed E-state index contributed by atoms with van der Waals surface area (Å²) in [6.45, 7) is 1.78. The summed E-state index contributed by atoms with van der Waals surface area (Å²) >= 11 is 0. The van der Waals surface area contributed by atoms with Crippen LogP contribution in [-0.4, -0.2) is 30.1 Å². The first-order valence-corrected chi connectivity index (χ1v) is 8.07. The van der Waals surface area contributed by atoms with Crippen molar-refractivity contribution in [1.29, 1.82) is 0 Å². The van der Waals surface area contributed by atoms with Gasteiger partial charge in [-0.15, -0.1) is 0 Å². The summed E-state index contributed by atoms with van der Waals surface area (Å²) in [6, 6.07) is 4.44. The topological polar surface area (TPSA) is 111 Å². The molecule has 0 atom stereocenters. The lowest BCUT2D eigenvalue weighted by molar-refractivity contribution is 0.374. The van der Waals surface area contributed by atoms with Gasteiger partial charge >= 0.3 is 10.1 Å². The van der Waals surface area contributed by atoms with Crippen LogP contribution in [0.3, 0.4) is 0 Å². The van der Waals surface area contributed by atoms with Crippen LogP contribution < -0.4 is 10.7 Å². The molecule has 1 aromatic rings. The SMILES string of the molecule is Cc1ccc(F)c(NC2=CC=NC3=C(S(=O)(=O)O)C(=C=O)NN23)c1. The second-order valence-electron chi connectivity index (χ2n) is 4.99. The van der Waals surface area contributed by atoms with Crippen LogP contribution in [0, 0.1) is 12.7 Å². The van der Waals surface area contributed by atoms with Crippen molar-refractivity contribution in [3.05, 3.63) is 57.9 Å². The van der Waals surface area contributed by atoms with Gasteiger partial charge < -0.3 is 5.32 Å². The Labute approximate surface area is 136 Å². The fourth-order valence-corrected chi connectivity index (χ4v) is 2.98. The van der Waals surface area contributed by atoms with Crippen molar-refractivity contribution in [2.45, 2.75) is 6.92 Å². The molecule has 0 unspecified atom stereocenters. The number of hydrogen-bond donors (Lipinski definition) is 3. The lowest BCUT2D eigenvalue weighted by Crippen LogP contribution is -2.35. The third-order valence-corrected chi connectivity index (χ3v) is 4.18. The van der Waals surface area contributed by atoms with Crippen LogP contribution in [-0.2, 0) is 14.9 Å². The van der Waals surface area contributed by atoms with Crippen molar-refractivity contribution >= 4 is 28.0 Å². The van der Waals surface area contributed by atoms with Crippen molar-refractivity contribution in [2.24, 2.45) is 4.99 Å². The highest BCUT2D eigenvalue weighted by Gasteiger charge is 2.38. The van der Waals surface area contributed by atoms with E-state index in [1.807, 2.05) is 0 Å². The molecule has 0 radical (unpaired) electrons. The third kappa shape index (κ3) is 2.69. The molecule has 2 aliphatic rings.